The Balaban J connectivity index is 1.94. The number of hydrogen-bond acceptors (Lipinski definition) is 7. The Morgan fingerprint density at radius 3 is 2.87 bits per heavy atom. The summed E-state index contributed by atoms with van der Waals surface area (Å²) in [7, 11) is -1.27. The van der Waals surface area contributed by atoms with Crippen molar-refractivity contribution in [3.8, 4) is 11.5 Å². The molecule has 0 bridgehead atoms. The average Bonchev–Trinajstić information content (AvgIpc) is 2.96. The first-order valence-corrected chi connectivity index (χ1v) is 9.31. The lowest BCUT2D eigenvalue weighted by atomic mass is 10.1. The number of aromatic nitrogens is 2. The molecule has 1 N–H and O–H groups in total. The van der Waals surface area contributed by atoms with Gasteiger partial charge in [0.2, 0.25) is 0 Å². The van der Waals surface area contributed by atoms with Gasteiger partial charge in [-0.05, 0) is 31.7 Å². The number of rotatable bonds is 3. The van der Waals surface area contributed by atoms with Gasteiger partial charge in [-0.15, -0.1) is 0 Å². The van der Waals surface area contributed by atoms with Gasteiger partial charge in [-0.3, -0.25) is 4.90 Å². The monoisotopic (exact) mass is 336 g/mol. The highest BCUT2D eigenvalue weighted by molar-refractivity contribution is 7.90. The molecule has 0 saturated carbocycles. The molecule has 1 fully saturated rings. The summed E-state index contributed by atoms with van der Waals surface area (Å²) in [5, 5.41) is 7.37. The molecule has 1 aromatic carbocycles. The third-order valence-electron chi connectivity index (χ3n) is 4.09. The van der Waals surface area contributed by atoms with Gasteiger partial charge >= 0.3 is 0 Å². The average molecular weight is 336 g/mol. The number of hydrogen-bond donors (Lipinski definition) is 1. The first kappa shape index (κ1) is 16.1. The molecular formula is C15H20N4O3S. The van der Waals surface area contributed by atoms with Crippen molar-refractivity contribution in [2.75, 3.05) is 32.9 Å². The Hall–Kier alpha value is -1.77. The normalized spacial score (nSPS) is 19.9. The zero-order chi connectivity index (χ0) is 16.6. The van der Waals surface area contributed by atoms with Crippen LogP contribution in [0.15, 0.2) is 27.6 Å². The minimum Gasteiger partial charge on any atom is -0.334 e. The zero-order valence-corrected chi connectivity index (χ0v) is 14.2. The van der Waals surface area contributed by atoms with Crippen molar-refractivity contribution >= 4 is 9.84 Å². The fraction of sp³-hybridized carbons (Fsp3) is 0.467. The van der Waals surface area contributed by atoms with Crippen LogP contribution in [0.4, 0.5) is 0 Å². The van der Waals surface area contributed by atoms with Crippen molar-refractivity contribution in [1.82, 2.24) is 20.4 Å². The molecule has 0 amide bonds. The summed E-state index contributed by atoms with van der Waals surface area (Å²) < 4.78 is 29.1. The van der Waals surface area contributed by atoms with Gasteiger partial charge in [-0.25, -0.2) is 8.42 Å². The second-order valence-electron chi connectivity index (χ2n) is 5.91. The number of benzene rings is 1. The van der Waals surface area contributed by atoms with Crippen LogP contribution in [0.5, 0.6) is 0 Å². The van der Waals surface area contributed by atoms with Gasteiger partial charge in [0.25, 0.3) is 5.89 Å². The quantitative estimate of drug-likeness (QED) is 0.895. The predicted octanol–water partition coefficient (Wildman–Crippen LogP) is 1.02. The van der Waals surface area contributed by atoms with Crippen LogP contribution in [-0.4, -0.2) is 56.4 Å². The van der Waals surface area contributed by atoms with Crippen LogP contribution in [0.25, 0.3) is 11.5 Å². The van der Waals surface area contributed by atoms with Gasteiger partial charge in [-0.2, -0.15) is 4.98 Å². The van der Waals surface area contributed by atoms with Crippen molar-refractivity contribution in [2.24, 2.45) is 0 Å². The maximum atomic E-state index is 11.9. The molecule has 23 heavy (non-hydrogen) atoms. The van der Waals surface area contributed by atoms with E-state index in [1.165, 1.54) is 6.26 Å². The largest absolute Gasteiger partial charge is 0.334 e. The number of likely N-dealkylation sites (N-methyl/N-ethyl adjacent to an activating group) is 1. The summed E-state index contributed by atoms with van der Waals surface area (Å²) in [6.07, 6.45) is 1.20. The van der Waals surface area contributed by atoms with Gasteiger partial charge in [0.05, 0.1) is 10.9 Å². The lowest BCUT2D eigenvalue weighted by Crippen LogP contribution is -2.44. The molecule has 1 saturated heterocycles. The van der Waals surface area contributed by atoms with Crippen molar-refractivity contribution < 1.29 is 12.9 Å². The Labute approximate surface area is 135 Å². The summed E-state index contributed by atoms with van der Waals surface area (Å²) in [6, 6.07) is 5.19. The molecule has 124 valence electrons. The van der Waals surface area contributed by atoms with E-state index in [9.17, 15) is 8.42 Å². The predicted molar refractivity (Wildman–Crippen MR) is 85.8 cm³/mol. The minimum atomic E-state index is -3.29. The summed E-state index contributed by atoms with van der Waals surface area (Å²) >= 11 is 0. The second kappa shape index (κ2) is 6.03. The number of nitrogens with zero attached hydrogens (tertiary/aromatic N) is 3. The van der Waals surface area contributed by atoms with Crippen molar-refractivity contribution in [3.05, 3.63) is 29.6 Å². The third kappa shape index (κ3) is 3.29. The van der Waals surface area contributed by atoms with Crippen LogP contribution in [0, 0.1) is 6.92 Å². The highest BCUT2D eigenvalue weighted by Crippen LogP contribution is 2.26. The molecule has 2 heterocycles. The molecule has 1 aliphatic heterocycles. The molecular weight excluding hydrogens is 316 g/mol. The van der Waals surface area contributed by atoms with Crippen LogP contribution in [0.3, 0.4) is 0 Å². The molecule has 2 aromatic rings. The van der Waals surface area contributed by atoms with E-state index in [1.54, 1.807) is 25.1 Å². The van der Waals surface area contributed by atoms with Gasteiger partial charge in [0, 0.05) is 31.5 Å². The summed E-state index contributed by atoms with van der Waals surface area (Å²) in [5.74, 6) is 0.944. The van der Waals surface area contributed by atoms with Gasteiger partial charge in [0.15, 0.2) is 15.7 Å². The maximum Gasteiger partial charge on any atom is 0.258 e. The Morgan fingerprint density at radius 2 is 2.17 bits per heavy atom. The van der Waals surface area contributed by atoms with E-state index < -0.39 is 9.84 Å². The smallest absolute Gasteiger partial charge is 0.258 e. The van der Waals surface area contributed by atoms with E-state index in [1.807, 2.05) is 7.05 Å². The molecule has 0 radical (unpaired) electrons. The van der Waals surface area contributed by atoms with E-state index in [4.69, 9.17) is 4.52 Å². The van der Waals surface area contributed by atoms with Crippen LogP contribution in [0.2, 0.25) is 0 Å². The fourth-order valence-corrected chi connectivity index (χ4v) is 3.71. The SMILES string of the molecule is Cc1ccc(-c2nc(C3CNCCN3C)no2)cc1S(C)(=O)=O. The first-order chi connectivity index (χ1) is 10.9. The topological polar surface area (TPSA) is 88.3 Å². The van der Waals surface area contributed by atoms with E-state index in [2.05, 4.69) is 20.4 Å². The Kier molecular flexibility index (Phi) is 4.22. The summed E-state index contributed by atoms with van der Waals surface area (Å²) in [6.45, 7) is 4.38. The number of aryl methyl sites for hydroxylation is 1. The van der Waals surface area contributed by atoms with E-state index in [-0.39, 0.29) is 10.9 Å². The number of piperazine rings is 1. The summed E-state index contributed by atoms with van der Waals surface area (Å²) in [4.78, 5) is 6.91. The lowest BCUT2D eigenvalue weighted by molar-refractivity contribution is 0.190. The Bertz CT molecular complexity index is 816. The first-order valence-electron chi connectivity index (χ1n) is 7.42. The second-order valence-corrected chi connectivity index (χ2v) is 7.89. The van der Waals surface area contributed by atoms with Crippen LogP contribution >= 0.6 is 0 Å². The van der Waals surface area contributed by atoms with Gasteiger partial charge < -0.3 is 9.84 Å². The van der Waals surface area contributed by atoms with Crippen LogP contribution < -0.4 is 5.32 Å². The molecule has 1 atom stereocenters. The molecule has 1 aromatic heterocycles. The zero-order valence-electron chi connectivity index (χ0n) is 13.4. The fourth-order valence-electron chi connectivity index (χ4n) is 2.71. The van der Waals surface area contributed by atoms with Crippen molar-refractivity contribution in [3.63, 3.8) is 0 Å². The number of sulfone groups is 1. The third-order valence-corrected chi connectivity index (χ3v) is 5.32. The highest BCUT2D eigenvalue weighted by Gasteiger charge is 2.25. The molecule has 3 rings (SSSR count). The van der Waals surface area contributed by atoms with Gasteiger partial charge in [0.1, 0.15) is 0 Å². The van der Waals surface area contributed by atoms with Crippen molar-refractivity contribution in [2.45, 2.75) is 17.9 Å². The van der Waals surface area contributed by atoms with Gasteiger partial charge in [-0.1, -0.05) is 11.2 Å². The van der Waals surface area contributed by atoms with E-state index in [0.717, 1.165) is 19.6 Å². The molecule has 1 aliphatic rings. The highest BCUT2D eigenvalue weighted by atomic mass is 32.2. The van der Waals surface area contributed by atoms with E-state index in [0.29, 0.717) is 22.8 Å². The van der Waals surface area contributed by atoms with Crippen LogP contribution in [0.1, 0.15) is 17.4 Å². The Morgan fingerprint density at radius 1 is 1.39 bits per heavy atom. The molecule has 8 heteroatoms. The minimum absolute atomic E-state index is 0.0566. The molecule has 0 spiro atoms. The standard InChI is InChI=1S/C15H20N4O3S/c1-10-4-5-11(8-13(10)23(3,20)21)15-17-14(18-22-15)12-9-16-6-7-19(12)2/h4-5,8,12,16H,6-7,9H2,1-3H3. The lowest BCUT2D eigenvalue weighted by Gasteiger charge is -2.30. The van der Waals surface area contributed by atoms with Crippen LogP contribution in [-0.2, 0) is 9.84 Å². The summed E-state index contributed by atoms with van der Waals surface area (Å²) in [5.41, 5.74) is 1.31. The van der Waals surface area contributed by atoms with Crippen molar-refractivity contribution in [1.29, 1.82) is 0 Å². The maximum absolute atomic E-state index is 11.9. The molecule has 0 aliphatic carbocycles. The molecule has 1 unspecified atom stereocenters. The van der Waals surface area contributed by atoms with E-state index >= 15 is 0 Å². The number of nitrogens with one attached hydrogen (secondary N) is 1. The molecule has 7 nitrogen and oxygen atoms in total.